The van der Waals surface area contributed by atoms with Crippen LogP contribution in [-0.4, -0.2) is 33.7 Å². The second-order valence-corrected chi connectivity index (χ2v) is 6.34. The lowest BCUT2D eigenvalue weighted by Crippen LogP contribution is -2.40. The topological polar surface area (TPSA) is 33.2 Å². The summed E-state index contributed by atoms with van der Waals surface area (Å²) in [6, 6.07) is 0. The maximum atomic E-state index is 12.0. The molecule has 0 spiro atoms. The van der Waals surface area contributed by atoms with Gasteiger partial charge in [0.15, 0.2) is 0 Å². The quantitative estimate of drug-likeness (QED) is 0.787. The van der Waals surface area contributed by atoms with Crippen molar-refractivity contribution in [2.75, 3.05) is 13.1 Å². The molecule has 2 rings (SSSR count). The number of alkyl halides is 1. The zero-order valence-electron chi connectivity index (χ0n) is 9.23. The first-order valence-electron chi connectivity index (χ1n) is 5.50. The molecule has 0 aliphatic carbocycles. The zero-order chi connectivity index (χ0) is 11.5. The average molecular weight is 303 g/mol. The van der Waals surface area contributed by atoms with Crippen molar-refractivity contribution in [2.45, 2.75) is 24.6 Å². The van der Waals surface area contributed by atoms with Gasteiger partial charge in [-0.1, -0.05) is 22.9 Å². The molecule has 88 valence electrons. The minimum absolute atomic E-state index is 0.0851. The number of hydrogen-bond acceptors (Lipinski definition) is 3. The largest absolute Gasteiger partial charge is 0.337 e. The third-order valence-electron chi connectivity index (χ3n) is 3.13. The lowest BCUT2D eigenvalue weighted by atomic mass is 9.94. The summed E-state index contributed by atoms with van der Waals surface area (Å²) in [5.74, 6) is 0.779. The van der Waals surface area contributed by atoms with Crippen LogP contribution in [0.3, 0.4) is 0 Å². The Kier molecular flexibility index (Phi) is 3.97. The number of carbonyl (C=O) groups is 1. The lowest BCUT2D eigenvalue weighted by molar-refractivity contribution is 0.0686. The second kappa shape index (κ2) is 5.27. The normalized spacial score (nSPS) is 19.8. The van der Waals surface area contributed by atoms with E-state index in [-0.39, 0.29) is 5.91 Å². The van der Waals surface area contributed by atoms with Crippen molar-refractivity contribution in [3.05, 3.63) is 16.6 Å². The van der Waals surface area contributed by atoms with E-state index in [1.165, 1.54) is 11.3 Å². The Morgan fingerprint density at radius 1 is 1.62 bits per heavy atom. The molecule has 0 bridgehead atoms. The van der Waals surface area contributed by atoms with Gasteiger partial charge in [-0.05, 0) is 18.8 Å². The van der Waals surface area contributed by atoms with E-state index in [1.54, 1.807) is 5.51 Å². The molecule has 1 fully saturated rings. The van der Waals surface area contributed by atoms with Crippen molar-refractivity contribution in [1.82, 2.24) is 9.88 Å². The monoisotopic (exact) mass is 302 g/mol. The van der Waals surface area contributed by atoms with Crippen molar-refractivity contribution < 1.29 is 4.79 Å². The summed E-state index contributed by atoms with van der Waals surface area (Å²) in [5.41, 5.74) is 2.30. The van der Waals surface area contributed by atoms with Gasteiger partial charge in [-0.15, -0.1) is 11.3 Å². The molecule has 0 N–H and O–H groups in total. The summed E-state index contributed by atoms with van der Waals surface area (Å²) < 4.78 is 0. The van der Waals surface area contributed by atoms with E-state index < -0.39 is 0 Å². The maximum Gasteiger partial charge on any atom is 0.273 e. The smallest absolute Gasteiger partial charge is 0.273 e. The Bertz CT molecular complexity index is 345. The van der Waals surface area contributed by atoms with Crippen LogP contribution in [0, 0.1) is 5.92 Å². The predicted molar refractivity (Wildman–Crippen MR) is 69.1 cm³/mol. The minimum Gasteiger partial charge on any atom is -0.337 e. The highest BCUT2D eigenvalue weighted by atomic mass is 79.9. The second-order valence-electron chi connectivity index (χ2n) is 4.18. The molecule has 0 saturated carbocycles. The summed E-state index contributed by atoms with van der Waals surface area (Å²) in [6.45, 7) is 3.90. The average Bonchev–Trinajstić information content (AvgIpc) is 2.81. The number of piperidine rings is 1. The number of carbonyl (C=O) groups excluding carboxylic acids is 1. The summed E-state index contributed by atoms with van der Waals surface area (Å²) in [4.78, 5) is 18.5. The standard InChI is InChI=1S/C11H15BrN2OS/c1-8(12)9-2-4-14(5-3-9)11(15)10-6-16-7-13-10/h6-9H,2-5H2,1H3. The van der Waals surface area contributed by atoms with Crippen molar-refractivity contribution in [1.29, 1.82) is 0 Å². The third-order valence-corrected chi connectivity index (χ3v) is 4.46. The highest BCUT2D eigenvalue weighted by molar-refractivity contribution is 9.09. The summed E-state index contributed by atoms with van der Waals surface area (Å²) in [7, 11) is 0. The number of halogens is 1. The van der Waals surface area contributed by atoms with Gasteiger partial charge in [0, 0.05) is 23.3 Å². The van der Waals surface area contributed by atoms with Crippen molar-refractivity contribution in [2.24, 2.45) is 5.92 Å². The number of thiazole rings is 1. The van der Waals surface area contributed by atoms with Crippen LogP contribution in [0.1, 0.15) is 30.3 Å². The Balaban J connectivity index is 1.92. The molecule has 1 saturated heterocycles. The molecule has 1 amide bonds. The van der Waals surface area contributed by atoms with Crippen LogP contribution >= 0.6 is 27.3 Å². The lowest BCUT2D eigenvalue weighted by Gasteiger charge is -2.32. The van der Waals surface area contributed by atoms with E-state index in [1.807, 2.05) is 10.3 Å². The van der Waals surface area contributed by atoms with Crippen LogP contribution in [0.15, 0.2) is 10.9 Å². The van der Waals surface area contributed by atoms with Crippen LogP contribution in [0.5, 0.6) is 0 Å². The minimum atomic E-state index is 0.0851. The molecule has 3 nitrogen and oxygen atoms in total. The fraction of sp³-hybridized carbons (Fsp3) is 0.636. The highest BCUT2D eigenvalue weighted by Crippen LogP contribution is 2.25. The van der Waals surface area contributed by atoms with Crippen LogP contribution in [0.4, 0.5) is 0 Å². The number of hydrogen-bond donors (Lipinski definition) is 0. The summed E-state index contributed by atoms with van der Waals surface area (Å²) >= 11 is 5.09. The van der Waals surface area contributed by atoms with Crippen molar-refractivity contribution in [3.8, 4) is 0 Å². The molecule has 1 aromatic rings. The predicted octanol–water partition coefficient (Wildman–Crippen LogP) is 2.78. The van der Waals surface area contributed by atoms with Crippen LogP contribution in [-0.2, 0) is 0 Å². The number of nitrogens with zero attached hydrogens (tertiary/aromatic N) is 2. The molecule has 16 heavy (non-hydrogen) atoms. The Hall–Kier alpha value is -0.420. The molecule has 5 heteroatoms. The molecule has 1 unspecified atom stereocenters. The van der Waals surface area contributed by atoms with E-state index in [4.69, 9.17) is 0 Å². The maximum absolute atomic E-state index is 12.0. The number of likely N-dealkylation sites (tertiary alicyclic amines) is 1. The van der Waals surface area contributed by atoms with Gasteiger partial charge >= 0.3 is 0 Å². The Labute approximate surface area is 108 Å². The van der Waals surface area contributed by atoms with E-state index in [0.29, 0.717) is 16.4 Å². The Morgan fingerprint density at radius 3 is 2.81 bits per heavy atom. The van der Waals surface area contributed by atoms with Gasteiger partial charge in [0.05, 0.1) is 5.51 Å². The van der Waals surface area contributed by atoms with Gasteiger partial charge in [0.1, 0.15) is 5.69 Å². The first-order chi connectivity index (χ1) is 7.68. The Morgan fingerprint density at radius 2 is 2.31 bits per heavy atom. The molecule has 0 aromatic carbocycles. The molecule has 1 aromatic heterocycles. The summed E-state index contributed by atoms with van der Waals surface area (Å²) in [6.07, 6.45) is 2.17. The van der Waals surface area contributed by atoms with Crippen LogP contribution in [0.2, 0.25) is 0 Å². The molecule has 2 heterocycles. The summed E-state index contributed by atoms with van der Waals surface area (Å²) in [5, 5.41) is 1.82. The number of rotatable bonds is 2. The first kappa shape index (κ1) is 12.0. The van der Waals surface area contributed by atoms with E-state index >= 15 is 0 Å². The van der Waals surface area contributed by atoms with Gasteiger partial charge in [-0.3, -0.25) is 4.79 Å². The van der Waals surface area contributed by atoms with Gasteiger partial charge in [0.25, 0.3) is 5.91 Å². The fourth-order valence-electron chi connectivity index (χ4n) is 2.04. The van der Waals surface area contributed by atoms with Crippen LogP contribution < -0.4 is 0 Å². The number of amides is 1. The molecule has 1 aliphatic rings. The van der Waals surface area contributed by atoms with Gasteiger partial charge in [-0.2, -0.15) is 0 Å². The molecule has 1 aliphatic heterocycles. The van der Waals surface area contributed by atoms with E-state index in [2.05, 4.69) is 27.8 Å². The van der Waals surface area contributed by atoms with E-state index in [0.717, 1.165) is 25.9 Å². The highest BCUT2D eigenvalue weighted by Gasteiger charge is 2.26. The zero-order valence-corrected chi connectivity index (χ0v) is 11.6. The van der Waals surface area contributed by atoms with Gasteiger partial charge in [0.2, 0.25) is 0 Å². The molecular formula is C11H15BrN2OS. The van der Waals surface area contributed by atoms with Gasteiger partial charge < -0.3 is 4.90 Å². The van der Waals surface area contributed by atoms with Crippen LogP contribution in [0.25, 0.3) is 0 Å². The van der Waals surface area contributed by atoms with Crippen molar-refractivity contribution in [3.63, 3.8) is 0 Å². The number of aromatic nitrogens is 1. The van der Waals surface area contributed by atoms with E-state index in [9.17, 15) is 4.79 Å². The molecule has 0 radical (unpaired) electrons. The first-order valence-corrected chi connectivity index (χ1v) is 7.36. The van der Waals surface area contributed by atoms with Gasteiger partial charge in [-0.25, -0.2) is 4.98 Å². The van der Waals surface area contributed by atoms with Crippen molar-refractivity contribution >= 4 is 33.2 Å². The SMILES string of the molecule is CC(Br)C1CCN(C(=O)c2cscn2)CC1. The molecular weight excluding hydrogens is 288 g/mol. The molecule has 1 atom stereocenters. The third kappa shape index (κ3) is 2.63. The fourth-order valence-corrected chi connectivity index (χ4v) is 3.10.